The molecular weight excluding hydrogens is 184 g/mol. The number of aromatic nitrogens is 2. The lowest BCUT2D eigenvalue weighted by Gasteiger charge is -2.02. The summed E-state index contributed by atoms with van der Waals surface area (Å²) in [6.07, 6.45) is 0. The van der Waals surface area contributed by atoms with Crippen LogP contribution in [0.5, 0.6) is 0 Å². The van der Waals surface area contributed by atoms with Crippen molar-refractivity contribution in [3.05, 3.63) is 23.3 Å². The molecule has 1 aromatic heterocycles. The van der Waals surface area contributed by atoms with Crippen LogP contribution in [0, 0.1) is 6.92 Å². The van der Waals surface area contributed by atoms with Gasteiger partial charge in [0, 0.05) is 5.69 Å². The van der Waals surface area contributed by atoms with Gasteiger partial charge < -0.3 is 5.11 Å². The lowest BCUT2D eigenvalue weighted by molar-refractivity contribution is 0.276. The average molecular weight is 198 g/mol. The Labute approximate surface area is 82.6 Å². The largest absolute Gasteiger partial charge is 0.390 e. The maximum absolute atomic E-state index is 8.91. The van der Waals surface area contributed by atoms with E-state index in [0.29, 0.717) is 5.69 Å². The van der Waals surface area contributed by atoms with Crippen LogP contribution < -0.4 is 0 Å². The predicted octanol–water partition coefficient (Wildman–Crippen LogP) is 1.53. The Balaban J connectivity index is 2.76. The first kappa shape index (κ1) is 10.5. The van der Waals surface area contributed by atoms with E-state index < -0.39 is 0 Å². The highest BCUT2D eigenvalue weighted by Crippen LogP contribution is 2.09. The number of nitrogens with zero attached hydrogens (tertiary/aromatic N) is 2. The summed E-state index contributed by atoms with van der Waals surface area (Å²) >= 11 is 1.78. The normalized spacial score (nSPS) is 10.4. The summed E-state index contributed by atoms with van der Waals surface area (Å²) in [5.41, 5.74) is 1.63. The number of aliphatic hydroxyl groups is 1. The molecule has 72 valence electrons. The number of thioether (sulfide) groups is 1. The molecule has 0 spiro atoms. The highest BCUT2D eigenvalue weighted by Gasteiger charge is 2.00. The van der Waals surface area contributed by atoms with Crippen LogP contribution in [0.2, 0.25) is 0 Å². The molecule has 0 aliphatic heterocycles. The predicted molar refractivity (Wildman–Crippen MR) is 54.5 cm³/mol. The van der Waals surface area contributed by atoms with Crippen molar-refractivity contribution in [3.8, 4) is 0 Å². The Bertz CT molecular complexity index is 278. The smallest absolute Gasteiger partial charge is 0.138 e. The maximum Gasteiger partial charge on any atom is 0.138 e. The van der Waals surface area contributed by atoms with Crippen LogP contribution in [0.1, 0.15) is 24.1 Å². The summed E-state index contributed by atoms with van der Waals surface area (Å²) in [7, 11) is 0. The average Bonchev–Trinajstić information content (AvgIpc) is 2.14. The van der Waals surface area contributed by atoms with Crippen LogP contribution >= 0.6 is 11.8 Å². The molecule has 0 atom stereocenters. The van der Waals surface area contributed by atoms with E-state index in [9.17, 15) is 0 Å². The van der Waals surface area contributed by atoms with Gasteiger partial charge in [-0.2, -0.15) is 11.8 Å². The molecule has 3 nitrogen and oxygen atoms in total. The Morgan fingerprint density at radius 1 is 1.46 bits per heavy atom. The van der Waals surface area contributed by atoms with Crippen LogP contribution in [0.25, 0.3) is 0 Å². The first-order chi connectivity index (χ1) is 6.26. The van der Waals surface area contributed by atoms with Crippen LogP contribution in [-0.2, 0) is 12.4 Å². The second-order valence-electron chi connectivity index (χ2n) is 2.71. The minimum absolute atomic E-state index is 0.00679. The van der Waals surface area contributed by atoms with Gasteiger partial charge in [-0.1, -0.05) is 6.92 Å². The van der Waals surface area contributed by atoms with E-state index >= 15 is 0 Å². The molecule has 0 aliphatic carbocycles. The fraction of sp³-hybridized carbons (Fsp3) is 0.556. The molecule has 0 fully saturated rings. The standard InChI is InChI=1S/C9H14N2OS/c1-3-13-6-9-10-7(2)4-8(5-12)11-9/h4,12H,3,5-6H2,1-2H3. The van der Waals surface area contributed by atoms with E-state index in [1.807, 2.05) is 6.92 Å². The summed E-state index contributed by atoms with van der Waals surface area (Å²) in [6, 6.07) is 1.81. The first-order valence-corrected chi connectivity index (χ1v) is 5.43. The topological polar surface area (TPSA) is 46.0 Å². The summed E-state index contributed by atoms with van der Waals surface area (Å²) in [6.45, 7) is 4.02. The van der Waals surface area contributed by atoms with Gasteiger partial charge >= 0.3 is 0 Å². The summed E-state index contributed by atoms with van der Waals surface area (Å²) in [5, 5.41) is 8.91. The lowest BCUT2D eigenvalue weighted by atomic mass is 10.3. The van der Waals surface area contributed by atoms with E-state index in [1.165, 1.54) is 0 Å². The highest BCUT2D eigenvalue weighted by atomic mass is 32.2. The van der Waals surface area contributed by atoms with Crippen molar-refractivity contribution in [1.29, 1.82) is 0 Å². The third kappa shape index (κ3) is 3.32. The number of rotatable bonds is 4. The molecule has 1 aromatic rings. The van der Waals surface area contributed by atoms with Crippen molar-refractivity contribution in [1.82, 2.24) is 9.97 Å². The van der Waals surface area contributed by atoms with Gasteiger partial charge in [0.1, 0.15) is 5.82 Å². The Kier molecular flexibility index (Phi) is 4.18. The van der Waals surface area contributed by atoms with Crippen molar-refractivity contribution >= 4 is 11.8 Å². The van der Waals surface area contributed by atoms with Crippen LogP contribution in [0.3, 0.4) is 0 Å². The molecule has 0 aliphatic rings. The minimum atomic E-state index is -0.00679. The van der Waals surface area contributed by atoms with Crippen LogP contribution in [-0.4, -0.2) is 20.8 Å². The van der Waals surface area contributed by atoms with E-state index in [1.54, 1.807) is 17.8 Å². The van der Waals surface area contributed by atoms with Gasteiger partial charge in [0.15, 0.2) is 0 Å². The van der Waals surface area contributed by atoms with E-state index in [2.05, 4.69) is 16.9 Å². The fourth-order valence-corrected chi connectivity index (χ4v) is 1.55. The van der Waals surface area contributed by atoms with Crippen molar-refractivity contribution in [3.63, 3.8) is 0 Å². The van der Waals surface area contributed by atoms with E-state index in [-0.39, 0.29) is 6.61 Å². The maximum atomic E-state index is 8.91. The molecule has 1 heterocycles. The minimum Gasteiger partial charge on any atom is -0.390 e. The van der Waals surface area contributed by atoms with Crippen molar-refractivity contribution in [2.75, 3.05) is 5.75 Å². The van der Waals surface area contributed by atoms with Crippen LogP contribution in [0.15, 0.2) is 6.07 Å². The Hall–Kier alpha value is -0.610. The third-order valence-electron chi connectivity index (χ3n) is 1.55. The van der Waals surface area contributed by atoms with Gasteiger partial charge in [-0.15, -0.1) is 0 Å². The summed E-state index contributed by atoms with van der Waals surface area (Å²) < 4.78 is 0. The molecule has 1 N–H and O–H groups in total. The van der Waals surface area contributed by atoms with Crippen molar-refractivity contribution < 1.29 is 5.11 Å². The van der Waals surface area contributed by atoms with E-state index in [4.69, 9.17) is 5.11 Å². The summed E-state index contributed by atoms with van der Waals surface area (Å²) in [5.74, 6) is 2.70. The molecule has 0 bridgehead atoms. The second-order valence-corrected chi connectivity index (χ2v) is 3.99. The van der Waals surface area contributed by atoms with Gasteiger partial charge in [-0.25, -0.2) is 9.97 Å². The van der Waals surface area contributed by atoms with Gasteiger partial charge in [-0.05, 0) is 18.7 Å². The quantitative estimate of drug-likeness (QED) is 0.797. The molecule has 0 saturated heterocycles. The Morgan fingerprint density at radius 3 is 2.85 bits per heavy atom. The van der Waals surface area contributed by atoms with Crippen LogP contribution in [0.4, 0.5) is 0 Å². The number of hydrogen-bond acceptors (Lipinski definition) is 4. The molecular formula is C9H14N2OS. The molecule has 0 radical (unpaired) electrons. The SMILES string of the molecule is CCSCc1nc(C)cc(CO)n1. The molecule has 0 unspecified atom stereocenters. The number of aryl methyl sites for hydroxylation is 1. The Morgan fingerprint density at radius 2 is 2.23 bits per heavy atom. The highest BCUT2D eigenvalue weighted by molar-refractivity contribution is 7.98. The molecule has 4 heteroatoms. The van der Waals surface area contributed by atoms with E-state index in [0.717, 1.165) is 23.0 Å². The number of aliphatic hydroxyl groups excluding tert-OH is 1. The van der Waals surface area contributed by atoms with Gasteiger partial charge in [0.05, 0.1) is 18.1 Å². The van der Waals surface area contributed by atoms with Crippen molar-refractivity contribution in [2.24, 2.45) is 0 Å². The zero-order valence-electron chi connectivity index (χ0n) is 7.95. The van der Waals surface area contributed by atoms with Gasteiger partial charge in [-0.3, -0.25) is 0 Å². The monoisotopic (exact) mass is 198 g/mol. The summed E-state index contributed by atoms with van der Waals surface area (Å²) in [4.78, 5) is 8.48. The van der Waals surface area contributed by atoms with Gasteiger partial charge in [0.2, 0.25) is 0 Å². The number of hydrogen-bond donors (Lipinski definition) is 1. The second kappa shape index (κ2) is 5.19. The fourth-order valence-electron chi connectivity index (χ4n) is 1.04. The molecule has 0 amide bonds. The van der Waals surface area contributed by atoms with Crippen molar-refractivity contribution in [2.45, 2.75) is 26.2 Å². The third-order valence-corrected chi connectivity index (χ3v) is 2.42. The molecule has 13 heavy (non-hydrogen) atoms. The lowest BCUT2D eigenvalue weighted by Crippen LogP contribution is -2.00. The molecule has 1 rings (SSSR count). The first-order valence-electron chi connectivity index (χ1n) is 4.28. The zero-order chi connectivity index (χ0) is 9.68. The zero-order valence-corrected chi connectivity index (χ0v) is 8.77. The molecule has 0 saturated carbocycles. The van der Waals surface area contributed by atoms with Gasteiger partial charge in [0.25, 0.3) is 0 Å². The molecule has 0 aromatic carbocycles.